The molecule has 0 aromatic heterocycles. The summed E-state index contributed by atoms with van der Waals surface area (Å²) < 4.78 is 35.8. The van der Waals surface area contributed by atoms with Crippen LogP contribution in [-0.4, -0.2) is 41.7 Å². The van der Waals surface area contributed by atoms with Crippen molar-refractivity contribution >= 4 is 17.8 Å². The number of rotatable bonds is 7. The Kier molecular flexibility index (Phi) is 6.55. The number of carboxylic acid groups (broad SMARTS) is 1. The lowest BCUT2D eigenvalue weighted by molar-refractivity contribution is -0.144. The van der Waals surface area contributed by atoms with E-state index in [2.05, 4.69) is 5.32 Å². The first-order valence-electron chi connectivity index (χ1n) is 6.57. The second-order valence-corrected chi connectivity index (χ2v) is 4.72. The van der Waals surface area contributed by atoms with Crippen molar-refractivity contribution in [3.63, 3.8) is 0 Å². The van der Waals surface area contributed by atoms with E-state index in [9.17, 15) is 27.6 Å². The van der Waals surface area contributed by atoms with Gasteiger partial charge < -0.3 is 15.7 Å². The van der Waals surface area contributed by atoms with Gasteiger partial charge in [-0.2, -0.15) is 13.2 Å². The van der Waals surface area contributed by atoms with Crippen molar-refractivity contribution in [1.82, 2.24) is 10.6 Å². The number of nitrogens with one attached hydrogen (secondary N) is 2. The summed E-state index contributed by atoms with van der Waals surface area (Å²) in [5, 5.41) is 12.7. The minimum Gasteiger partial charge on any atom is -0.480 e. The van der Waals surface area contributed by atoms with Crippen molar-refractivity contribution in [2.75, 3.05) is 6.54 Å². The van der Waals surface area contributed by atoms with E-state index in [1.54, 1.807) is 30.3 Å². The van der Waals surface area contributed by atoms with E-state index in [1.165, 1.54) is 5.32 Å². The van der Waals surface area contributed by atoms with Crippen LogP contribution >= 0.6 is 0 Å². The van der Waals surface area contributed by atoms with Gasteiger partial charge in [-0.1, -0.05) is 30.3 Å². The summed E-state index contributed by atoms with van der Waals surface area (Å²) in [4.78, 5) is 33.9. The van der Waals surface area contributed by atoms with Crippen LogP contribution in [0.1, 0.15) is 12.0 Å². The molecule has 3 N–H and O–H groups in total. The highest BCUT2D eigenvalue weighted by atomic mass is 19.4. The average Bonchev–Trinajstić information content (AvgIpc) is 2.44. The van der Waals surface area contributed by atoms with Crippen LogP contribution in [0, 0.1) is 0 Å². The molecule has 1 aromatic rings. The van der Waals surface area contributed by atoms with E-state index in [0.717, 1.165) is 0 Å². The molecule has 0 heterocycles. The molecule has 0 spiro atoms. The second kappa shape index (κ2) is 8.16. The fourth-order valence-corrected chi connectivity index (χ4v) is 1.70. The van der Waals surface area contributed by atoms with Gasteiger partial charge in [0.05, 0.1) is 0 Å². The fourth-order valence-electron chi connectivity index (χ4n) is 1.70. The van der Waals surface area contributed by atoms with E-state index in [1.807, 2.05) is 0 Å². The number of hydrogen-bond acceptors (Lipinski definition) is 3. The van der Waals surface area contributed by atoms with Crippen molar-refractivity contribution in [2.45, 2.75) is 25.1 Å². The average molecular weight is 332 g/mol. The Balaban J connectivity index is 2.51. The zero-order valence-corrected chi connectivity index (χ0v) is 11.9. The maximum Gasteiger partial charge on any atom is 0.405 e. The molecule has 126 valence electrons. The van der Waals surface area contributed by atoms with Crippen LogP contribution in [0.3, 0.4) is 0 Å². The number of halogens is 3. The van der Waals surface area contributed by atoms with Crippen LogP contribution in [0.5, 0.6) is 0 Å². The lowest BCUT2D eigenvalue weighted by Gasteiger charge is -2.15. The number of hydrogen-bond donors (Lipinski definition) is 3. The van der Waals surface area contributed by atoms with Crippen molar-refractivity contribution in [1.29, 1.82) is 0 Å². The van der Waals surface area contributed by atoms with Crippen LogP contribution < -0.4 is 10.6 Å². The second-order valence-electron chi connectivity index (χ2n) is 4.72. The quantitative estimate of drug-likeness (QED) is 0.646. The number of aliphatic carboxylic acids is 1. The summed E-state index contributed by atoms with van der Waals surface area (Å²) in [6, 6.07) is 7.18. The Morgan fingerprint density at radius 2 is 1.70 bits per heavy atom. The predicted molar refractivity (Wildman–Crippen MR) is 73.4 cm³/mol. The smallest absolute Gasteiger partial charge is 0.405 e. The van der Waals surface area contributed by atoms with Gasteiger partial charge in [-0.05, 0) is 5.56 Å². The highest BCUT2D eigenvalue weighted by Gasteiger charge is 2.28. The SMILES string of the molecule is O=C(CC(=O)N[C@H](Cc1ccccc1)C(=O)O)NCC(F)(F)F. The number of carboxylic acids is 1. The van der Waals surface area contributed by atoms with Crippen LogP contribution in [0.4, 0.5) is 13.2 Å². The van der Waals surface area contributed by atoms with Crippen molar-refractivity contribution in [2.24, 2.45) is 0 Å². The minimum atomic E-state index is -4.58. The summed E-state index contributed by atoms with van der Waals surface area (Å²) in [6.45, 7) is -1.55. The summed E-state index contributed by atoms with van der Waals surface area (Å²) >= 11 is 0. The highest BCUT2D eigenvalue weighted by Crippen LogP contribution is 2.12. The van der Waals surface area contributed by atoms with Crippen LogP contribution in [-0.2, 0) is 20.8 Å². The van der Waals surface area contributed by atoms with Crippen molar-refractivity contribution < 1.29 is 32.7 Å². The summed E-state index contributed by atoms with van der Waals surface area (Å²) in [6.07, 6.45) is -5.47. The van der Waals surface area contributed by atoms with E-state index in [0.29, 0.717) is 5.56 Å². The summed E-state index contributed by atoms with van der Waals surface area (Å²) in [5.41, 5.74) is 0.654. The topological polar surface area (TPSA) is 95.5 Å². The number of alkyl halides is 3. The van der Waals surface area contributed by atoms with Gasteiger partial charge in [0.25, 0.3) is 0 Å². The molecule has 0 aliphatic rings. The lowest BCUT2D eigenvalue weighted by atomic mass is 10.1. The molecule has 1 aromatic carbocycles. The van der Waals surface area contributed by atoms with Gasteiger partial charge in [0, 0.05) is 6.42 Å². The standard InChI is InChI=1S/C14H15F3N2O4/c15-14(16,17)8-18-11(20)7-12(21)19-10(13(22)23)6-9-4-2-1-3-5-9/h1-5,10H,6-8H2,(H,18,20)(H,19,21)(H,22,23)/t10-/m1/s1. The predicted octanol–water partition coefficient (Wildman–Crippen LogP) is 0.867. The Morgan fingerprint density at radius 1 is 1.09 bits per heavy atom. The molecular weight excluding hydrogens is 317 g/mol. The molecule has 1 atom stereocenters. The molecule has 6 nitrogen and oxygen atoms in total. The lowest BCUT2D eigenvalue weighted by Crippen LogP contribution is -2.44. The molecular formula is C14H15F3N2O4. The van der Waals surface area contributed by atoms with Crippen LogP contribution in [0.2, 0.25) is 0 Å². The monoisotopic (exact) mass is 332 g/mol. The molecule has 0 saturated heterocycles. The normalized spacial score (nSPS) is 12.3. The van der Waals surface area contributed by atoms with Crippen LogP contribution in [0.15, 0.2) is 30.3 Å². The molecule has 0 aliphatic heterocycles. The van der Waals surface area contributed by atoms with Crippen molar-refractivity contribution in [3.05, 3.63) is 35.9 Å². The van der Waals surface area contributed by atoms with Crippen LogP contribution in [0.25, 0.3) is 0 Å². The first-order chi connectivity index (χ1) is 10.7. The maximum atomic E-state index is 11.9. The summed E-state index contributed by atoms with van der Waals surface area (Å²) in [7, 11) is 0. The fraction of sp³-hybridized carbons (Fsp3) is 0.357. The van der Waals surface area contributed by atoms with Gasteiger partial charge in [-0.15, -0.1) is 0 Å². The highest BCUT2D eigenvalue weighted by molar-refractivity contribution is 5.98. The Morgan fingerprint density at radius 3 is 2.22 bits per heavy atom. The Hall–Kier alpha value is -2.58. The molecule has 0 fully saturated rings. The molecule has 23 heavy (non-hydrogen) atoms. The first-order valence-corrected chi connectivity index (χ1v) is 6.57. The number of benzene rings is 1. The minimum absolute atomic E-state index is 0.00785. The third-order valence-electron chi connectivity index (χ3n) is 2.72. The third-order valence-corrected chi connectivity index (χ3v) is 2.72. The zero-order valence-electron chi connectivity index (χ0n) is 11.9. The van der Waals surface area contributed by atoms with Gasteiger partial charge in [-0.25, -0.2) is 4.79 Å². The maximum absolute atomic E-state index is 11.9. The van der Waals surface area contributed by atoms with Crippen molar-refractivity contribution in [3.8, 4) is 0 Å². The van der Waals surface area contributed by atoms with E-state index in [4.69, 9.17) is 5.11 Å². The number of carbonyl (C=O) groups excluding carboxylic acids is 2. The van der Waals surface area contributed by atoms with Gasteiger partial charge in [0.1, 0.15) is 19.0 Å². The number of carbonyl (C=O) groups is 3. The van der Waals surface area contributed by atoms with Gasteiger partial charge in [0.15, 0.2) is 0 Å². The summed E-state index contributed by atoms with van der Waals surface area (Å²) in [5.74, 6) is -3.41. The van der Waals surface area contributed by atoms with Gasteiger partial charge >= 0.3 is 12.1 Å². The van der Waals surface area contributed by atoms with E-state index < -0.39 is 43.0 Å². The molecule has 0 aliphatic carbocycles. The van der Waals surface area contributed by atoms with Gasteiger partial charge in [-0.3, -0.25) is 9.59 Å². The first kappa shape index (κ1) is 18.5. The molecule has 0 radical (unpaired) electrons. The van der Waals surface area contributed by atoms with E-state index >= 15 is 0 Å². The molecule has 2 amide bonds. The molecule has 9 heteroatoms. The Bertz CT molecular complexity index is 561. The number of amides is 2. The zero-order chi connectivity index (χ0) is 17.5. The van der Waals surface area contributed by atoms with Gasteiger partial charge in [0.2, 0.25) is 11.8 Å². The van der Waals surface area contributed by atoms with E-state index in [-0.39, 0.29) is 6.42 Å². The third kappa shape index (κ3) is 7.84. The largest absolute Gasteiger partial charge is 0.480 e. The Labute approximate surface area is 129 Å². The molecule has 0 saturated carbocycles. The molecule has 0 bridgehead atoms. The molecule has 1 rings (SSSR count). The molecule has 0 unspecified atom stereocenters.